The number of benzene rings is 3. The van der Waals surface area contributed by atoms with Crippen LogP contribution in [-0.4, -0.2) is 23.7 Å². The molecule has 9 heteroatoms. The summed E-state index contributed by atoms with van der Waals surface area (Å²) in [5.74, 6) is 1.23. The summed E-state index contributed by atoms with van der Waals surface area (Å²) in [6, 6.07) is 16.9. The average molecular weight is 460 g/mol. The van der Waals surface area contributed by atoms with E-state index < -0.39 is 21.6 Å². The molecule has 166 valence electrons. The van der Waals surface area contributed by atoms with E-state index in [1.54, 1.807) is 60.9 Å². The molecule has 0 bridgehead atoms. The number of ether oxygens (including phenoxy) is 1. The molecule has 0 fully saturated rings. The van der Waals surface area contributed by atoms with Gasteiger partial charge in [-0.2, -0.15) is 13.2 Å². The molecule has 3 aromatic carbocycles. The summed E-state index contributed by atoms with van der Waals surface area (Å²) in [4.78, 5) is 4.32. The number of para-hydroxylation sites is 1. The SMILES string of the molecule is CCS(=O)(=O)c1cccc(Oc2ccc(-n3c(C)nc4c(C(F)(F)F)cccc43)cc2)c1. The van der Waals surface area contributed by atoms with Gasteiger partial charge in [-0.3, -0.25) is 4.57 Å². The molecule has 0 spiro atoms. The van der Waals surface area contributed by atoms with E-state index in [1.807, 2.05) is 0 Å². The van der Waals surface area contributed by atoms with Crippen LogP contribution in [0.4, 0.5) is 13.2 Å². The van der Waals surface area contributed by atoms with Crippen molar-refractivity contribution in [1.82, 2.24) is 9.55 Å². The zero-order valence-corrected chi connectivity index (χ0v) is 18.0. The number of alkyl halides is 3. The van der Waals surface area contributed by atoms with Gasteiger partial charge in [-0.1, -0.05) is 19.1 Å². The molecule has 0 aliphatic carbocycles. The molecule has 1 aromatic heterocycles. The molecule has 0 saturated carbocycles. The maximum atomic E-state index is 13.3. The van der Waals surface area contributed by atoms with E-state index >= 15 is 0 Å². The van der Waals surface area contributed by atoms with Crippen molar-refractivity contribution >= 4 is 20.9 Å². The minimum Gasteiger partial charge on any atom is -0.457 e. The second-order valence-electron chi connectivity index (χ2n) is 7.14. The number of aryl methyl sites for hydroxylation is 1. The van der Waals surface area contributed by atoms with Crippen LogP contribution in [0.15, 0.2) is 71.6 Å². The first-order chi connectivity index (χ1) is 15.1. The number of hydrogen-bond acceptors (Lipinski definition) is 4. The minimum absolute atomic E-state index is 0.0145. The van der Waals surface area contributed by atoms with Crippen LogP contribution in [-0.2, 0) is 16.0 Å². The highest BCUT2D eigenvalue weighted by Crippen LogP contribution is 2.35. The van der Waals surface area contributed by atoms with Gasteiger partial charge in [0.15, 0.2) is 9.84 Å². The van der Waals surface area contributed by atoms with Gasteiger partial charge in [0, 0.05) is 5.69 Å². The second-order valence-corrected chi connectivity index (χ2v) is 9.42. The van der Waals surface area contributed by atoms with Crippen molar-refractivity contribution in [3.8, 4) is 17.2 Å². The van der Waals surface area contributed by atoms with Gasteiger partial charge in [-0.05, 0) is 61.5 Å². The highest BCUT2D eigenvalue weighted by molar-refractivity contribution is 7.91. The van der Waals surface area contributed by atoms with Crippen molar-refractivity contribution in [2.45, 2.75) is 24.9 Å². The first-order valence-corrected chi connectivity index (χ1v) is 11.4. The fourth-order valence-electron chi connectivity index (χ4n) is 3.47. The van der Waals surface area contributed by atoms with E-state index in [0.717, 1.165) is 6.07 Å². The Morgan fingerprint density at radius 2 is 1.66 bits per heavy atom. The van der Waals surface area contributed by atoms with Gasteiger partial charge in [-0.15, -0.1) is 0 Å². The third-order valence-electron chi connectivity index (χ3n) is 5.03. The van der Waals surface area contributed by atoms with Crippen LogP contribution in [0.5, 0.6) is 11.5 Å². The summed E-state index contributed by atoms with van der Waals surface area (Å²) < 4.78 is 71.6. The molecular weight excluding hydrogens is 441 g/mol. The largest absolute Gasteiger partial charge is 0.457 e. The van der Waals surface area contributed by atoms with E-state index in [2.05, 4.69) is 4.98 Å². The van der Waals surface area contributed by atoms with Gasteiger partial charge in [-0.25, -0.2) is 13.4 Å². The normalized spacial score (nSPS) is 12.3. The van der Waals surface area contributed by atoms with Crippen LogP contribution in [0.2, 0.25) is 0 Å². The lowest BCUT2D eigenvalue weighted by atomic mass is 10.1. The van der Waals surface area contributed by atoms with E-state index in [-0.39, 0.29) is 16.2 Å². The lowest BCUT2D eigenvalue weighted by molar-refractivity contribution is -0.136. The number of aromatic nitrogens is 2. The Bertz CT molecular complexity index is 1390. The molecule has 0 aliphatic heterocycles. The number of fused-ring (bicyclic) bond motifs is 1. The predicted octanol–water partition coefficient (Wildman–Crippen LogP) is 5.94. The van der Waals surface area contributed by atoms with Crippen molar-refractivity contribution in [2.75, 3.05) is 5.75 Å². The van der Waals surface area contributed by atoms with Crippen molar-refractivity contribution in [3.05, 3.63) is 78.1 Å². The Morgan fingerprint density at radius 1 is 0.969 bits per heavy atom. The van der Waals surface area contributed by atoms with Crippen molar-refractivity contribution in [2.24, 2.45) is 0 Å². The minimum atomic E-state index is -4.50. The number of hydrogen-bond donors (Lipinski definition) is 0. The Balaban J connectivity index is 1.67. The number of rotatable bonds is 5. The first-order valence-electron chi connectivity index (χ1n) is 9.76. The monoisotopic (exact) mass is 460 g/mol. The van der Waals surface area contributed by atoms with Crippen molar-refractivity contribution in [3.63, 3.8) is 0 Å². The van der Waals surface area contributed by atoms with Crippen LogP contribution in [0.25, 0.3) is 16.7 Å². The molecule has 0 saturated heterocycles. The van der Waals surface area contributed by atoms with Crippen LogP contribution < -0.4 is 4.74 Å². The maximum Gasteiger partial charge on any atom is 0.418 e. The fraction of sp³-hybridized carbons (Fsp3) is 0.174. The van der Waals surface area contributed by atoms with Gasteiger partial charge >= 0.3 is 6.18 Å². The Labute approximate surface area is 183 Å². The second kappa shape index (κ2) is 7.98. The third-order valence-corrected chi connectivity index (χ3v) is 6.77. The highest BCUT2D eigenvalue weighted by Gasteiger charge is 2.34. The lowest BCUT2D eigenvalue weighted by Crippen LogP contribution is -2.05. The van der Waals surface area contributed by atoms with E-state index in [4.69, 9.17) is 4.74 Å². The topological polar surface area (TPSA) is 61.2 Å². The smallest absolute Gasteiger partial charge is 0.418 e. The molecule has 32 heavy (non-hydrogen) atoms. The number of sulfone groups is 1. The summed E-state index contributed by atoms with van der Waals surface area (Å²) >= 11 is 0. The van der Waals surface area contributed by atoms with Gasteiger partial charge in [0.25, 0.3) is 0 Å². The van der Waals surface area contributed by atoms with Gasteiger partial charge in [0.05, 0.1) is 21.7 Å². The summed E-state index contributed by atoms with van der Waals surface area (Å²) in [6.07, 6.45) is -4.50. The molecule has 1 heterocycles. The molecule has 5 nitrogen and oxygen atoms in total. The van der Waals surface area contributed by atoms with Crippen LogP contribution in [0, 0.1) is 6.92 Å². The van der Waals surface area contributed by atoms with Crippen LogP contribution in [0.3, 0.4) is 0 Å². The summed E-state index contributed by atoms with van der Waals surface area (Å²) in [5.41, 5.74) is 0.0907. The van der Waals surface area contributed by atoms with Gasteiger partial charge in [0.1, 0.15) is 22.8 Å². The first kappa shape index (κ1) is 21.9. The zero-order chi connectivity index (χ0) is 23.1. The Kier molecular flexibility index (Phi) is 5.46. The highest BCUT2D eigenvalue weighted by atomic mass is 32.2. The maximum absolute atomic E-state index is 13.3. The molecule has 4 rings (SSSR count). The molecule has 0 N–H and O–H groups in total. The standard InChI is InChI=1S/C23H19F3N2O3S/c1-3-32(29,30)19-7-4-6-18(14-19)31-17-12-10-16(11-13-17)28-15(2)27-22-20(23(24,25)26)8-5-9-21(22)28/h4-14H,3H2,1-2H3. The predicted molar refractivity (Wildman–Crippen MR) is 115 cm³/mol. The number of nitrogens with zero attached hydrogens (tertiary/aromatic N) is 2. The Hall–Kier alpha value is -3.33. The van der Waals surface area contributed by atoms with Crippen LogP contribution >= 0.6 is 0 Å². The summed E-state index contributed by atoms with van der Waals surface area (Å²) in [7, 11) is -3.36. The van der Waals surface area contributed by atoms with E-state index in [0.29, 0.717) is 28.5 Å². The average Bonchev–Trinajstić information content (AvgIpc) is 3.09. The molecule has 0 radical (unpaired) electrons. The quantitative estimate of drug-likeness (QED) is 0.370. The molecule has 0 aliphatic rings. The molecular formula is C23H19F3N2O3S. The number of halogens is 3. The van der Waals surface area contributed by atoms with Crippen molar-refractivity contribution in [1.29, 1.82) is 0 Å². The molecule has 4 aromatic rings. The van der Waals surface area contributed by atoms with Crippen molar-refractivity contribution < 1.29 is 26.3 Å². The summed E-state index contributed by atoms with van der Waals surface area (Å²) in [5, 5.41) is 0. The zero-order valence-electron chi connectivity index (χ0n) is 17.2. The fourth-order valence-corrected chi connectivity index (χ4v) is 4.38. The molecule has 0 unspecified atom stereocenters. The number of imidazole rings is 1. The summed E-state index contributed by atoms with van der Waals surface area (Å²) in [6.45, 7) is 3.21. The molecule has 0 atom stereocenters. The van der Waals surface area contributed by atoms with Crippen LogP contribution in [0.1, 0.15) is 18.3 Å². The molecule has 0 amide bonds. The van der Waals surface area contributed by atoms with E-state index in [1.165, 1.54) is 18.2 Å². The van der Waals surface area contributed by atoms with Gasteiger partial charge in [0.2, 0.25) is 0 Å². The van der Waals surface area contributed by atoms with E-state index in [9.17, 15) is 21.6 Å². The third kappa shape index (κ3) is 4.08. The lowest BCUT2D eigenvalue weighted by Gasteiger charge is -2.11. The Morgan fingerprint density at radius 3 is 2.31 bits per heavy atom. The van der Waals surface area contributed by atoms with Gasteiger partial charge < -0.3 is 4.74 Å².